The standard InChI is InChI=1S/C25H26ClN5O3/c1-34-21-10-4-18(5-11-21)17-28-24(32)19-6-8-20(9-7-19)30-13-15-31(16-14-30)25(33)29-22-3-2-12-27-23(22)26/h2-12H,13-17H2,1H3,(H,28,32)(H,29,33). The number of benzene rings is 2. The summed E-state index contributed by atoms with van der Waals surface area (Å²) in [5.41, 5.74) is 3.11. The van der Waals surface area contributed by atoms with Crippen LogP contribution >= 0.6 is 11.6 Å². The summed E-state index contributed by atoms with van der Waals surface area (Å²) >= 11 is 6.02. The molecule has 0 unspecified atom stereocenters. The molecule has 0 aliphatic carbocycles. The molecule has 34 heavy (non-hydrogen) atoms. The predicted molar refractivity (Wildman–Crippen MR) is 133 cm³/mol. The summed E-state index contributed by atoms with van der Waals surface area (Å²) in [6.45, 7) is 2.98. The Hall–Kier alpha value is -3.78. The van der Waals surface area contributed by atoms with E-state index in [1.807, 2.05) is 48.5 Å². The van der Waals surface area contributed by atoms with Gasteiger partial charge >= 0.3 is 6.03 Å². The maximum Gasteiger partial charge on any atom is 0.322 e. The maximum absolute atomic E-state index is 12.5. The van der Waals surface area contributed by atoms with Crippen LogP contribution in [0.1, 0.15) is 15.9 Å². The normalized spacial score (nSPS) is 13.4. The Balaban J connectivity index is 1.26. The van der Waals surface area contributed by atoms with Crippen molar-refractivity contribution in [2.75, 3.05) is 43.5 Å². The Labute approximate surface area is 203 Å². The molecule has 2 heterocycles. The fraction of sp³-hybridized carbons (Fsp3) is 0.240. The van der Waals surface area contributed by atoms with Gasteiger partial charge in [-0.2, -0.15) is 0 Å². The lowest BCUT2D eigenvalue weighted by Crippen LogP contribution is -2.50. The van der Waals surface area contributed by atoms with E-state index in [0.29, 0.717) is 44.0 Å². The van der Waals surface area contributed by atoms with Crippen molar-refractivity contribution in [3.63, 3.8) is 0 Å². The number of hydrogen-bond donors (Lipinski definition) is 2. The predicted octanol–water partition coefficient (Wildman–Crippen LogP) is 4.03. The molecule has 0 bridgehead atoms. The summed E-state index contributed by atoms with van der Waals surface area (Å²) < 4.78 is 5.15. The van der Waals surface area contributed by atoms with E-state index in [1.165, 1.54) is 0 Å². The highest BCUT2D eigenvalue weighted by molar-refractivity contribution is 6.32. The van der Waals surface area contributed by atoms with Crippen LogP contribution in [0, 0.1) is 0 Å². The highest BCUT2D eigenvalue weighted by Crippen LogP contribution is 2.20. The van der Waals surface area contributed by atoms with Gasteiger partial charge in [-0.15, -0.1) is 0 Å². The number of piperazine rings is 1. The van der Waals surface area contributed by atoms with Gasteiger partial charge in [0.15, 0.2) is 5.15 Å². The fourth-order valence-corrected chi connectivity index (χ4v) is 3.86. The maximum atomic E-state index is 12.5. The SMILES string of the molecule is COc1ccc(CNC(=O)c2ccc(N3CCN(C(=O)Nc4cccnc4Cl)CC3)cc2)cc1. The van der Waals surface area contributed by atoms with Gasteiger partial charge in [-0.1, -0.05) is 23.7 Å². The first-order chi connectivity index (χ1) is 16.5. The van der Waals surface area contributed by atoms with E-state index in [-0.39, 0.29) is 17.1 Å². The number of pyridine rings is 1. The molecule has 1 aromatic heterocycles. The molecule has 3 aromatic rings. The van der Waals surface area contributed by atoms with Gasteiger partial charge in [-0.3, -0.25) is 4.79 Å². The first kappa shape index (κ1) is 23.4. The molecule has 0 radical (unpaired) electrons. The van der Waals surface area contributed by atoms with E-state index < -0.39 is 0 Å². The van der Waals surface area contributed by atoms with Gasteiger partial charge in [0.25, 0.3) is 5.91 Å². The number of urea groups is 1. The van der Waals surface area contributed by atoms with Crippen LogP contribution in [0.2, 0.25) is 5.15 Å². The molecule has 1 aliphatic heterocycles. The zero-order chi connectivity index (χ0) is 23.9. The molecule has 4 rings (SSSR count). The molecule has 1 fully saturated rings. The minimum absolute atomic E-state index is 0.127. The van der Waals surface area contributed by atoms with Crippen LogP contribution in [0.4, 0.5) is 16.2 Å². The average molecular weight is 480 g/mol. The van der Waals surface area contributed by atoms with E-state index in [2.05, 4.69) is 20.5 Å². The van der Waals surface area contributed by atoms with Crippen molar-refractivity contribution in [2.45, 2.75) is 6.54 Å². The zero-order valence-electron chi connectivity index (χ0n) is 18.8. The van der Waals surface area contributed by atoms with E-state index in [1.54, 1.807) is 30.3 Å². The smallest absolute Gasteiger partial charge is 0.322 e. The number of methoxy groups -OCH3 is 1. The van der Waals surface area contributed by atoms with E-state index in [0.717, 1.165) is 17.0 Å². The minimum atomic E-state index is -0.196. The van der Waals surface area contributed by atoms with Crippen LogP contribution in [0.25, 0.3) is 0 Å². The quantitative estimate of drug-likeness (QED) is 0.521. The molecule has 1 aliphatic rings. The Kier molecular flexibility index (Phi) is 7.49. The van der Waals surface area contributed by atoms with Crippen LogP contribution in [-0.4, -0.2) is 55.1 Å². The second-order valence-electron chi connectivity index (χ2n) is 7.82. The van der Waals surface area contributed by atoms with Gasteiger partial charge in [0.05, 0.1) is 12.8 Å². The van der Waals surface area contributed by atoms with Crippen LogP contribution < -0.4 is 20.3 Å². The summed E-state index contributed by atoms with van der Waals surface area (Å²) in [5, 5.41) is 6.01. The van der Waals surface area contributed by atoms with E-state index in [4.69, 9.17) is 16.3 Å². The summed E-state index contributed by atoms with van der Waals surface area (Å²) in [7, 11) is 1.62. The number of carbonyl (C=O) groups is 2. The lowest BCUT2D eigenvalue weighted by Gasteiger charge is -2.36. The van der Waals surface area contributed by atoms with Crippen molar-refractivity contribution >= 4 is 34.9 Å². The number of amides is 3. The van der Waals surface area contributed by atoms with Crippen molar-refractivity contribution < 1.29 is 14.3 Å². The fourth-order valence-electron chi connectivity index (χ4n) is 3.69. The van der Waals surface area contributed by atoms with E-state index in [9.17, 15) is 9.59 Å². The molecule has 1 saturated heterocycles. The molecular weight excluding hydrogens is 454 g/mol. The number of nitrogens with zero attached hydrogens (tertiary/aromatic N) is 3. The number of ether oxygens (including phenoxy) is 1. The number of carbonyl (C=O) groups excluding carboxylic acids is 2. The Bertz CT molecular complexity index is 1130. The monoisotopic (exact) mass is 479 g/mol. The average Bonchev–Trinajstić information content (AvgIpc) is 2.89. The second kappa shape index (κ2) is 10.9. The summed E-state index contributed by atoms with van der Waals surface area (Å²) in [4.78, 5) is 33.0. The number of anilines is 2. The van der Waals surface area contributed by atoms with Crippen molar-refractivity contribution in [3.8, 4) is 5.75 Å². The third kappa shape index (κ3) is 5.77. The molecule has 8 nitrogen and oxygen atoms in total. The molecule has 0 spiro atoms. The molecule has 176 valence electrons. The number of nitrogens with one attached hydrogen (secondary N) is 2. The van der Waals surface area contributed by atoms with Crippen molar-refractivity contribution in [2.24, 2.45) is 0 Å². The second-order valence-corrected chi connectivity index (χ2v) is 8.18. The van der Waals surface area contributed by atoms with Crippen LogP contribution in [-0.2, 0) is 6.54 Å². The lowest BCUT2D eigenvalue weighted by atomic mass is 10.1. The molecule has 0 saturated carbocycles. The number of halogens is 1. The summed E-state index contributed by atoms with van der Waals surface area (Å²) in [6.07, 6.45) is 1.58. The highest BCUT2D eigenvalue weighted by Gasteiger charge is 2.22. The molecule has 2 N–H and O–H groups in total. The summed E-state index contributed by atoms with van der Waals surface area (Å²) in [5.74, 6) is 0.656. The van der Waals surface area contributed by atoms with Gasteiger partial charge in [-0.25, -0.2) is 9.78 Å². The van der Waals surface area contributed by atoms with Gasteiger partial charge in [0.1, 0.15) is 5.75 Å². The minimum Gasteiger partial charge on any atom is -0.497 e. The van der Waals surface area contributed by atoms with Crippen LogP contribution in [0.15, 0.2) is 66.9 Å². The zero-order valence-corrected chi connectivity index (χ0v) is 19.6. The largest absolute Gasteiger partial charge is 0.497 e. The number of hydrogen-bond acceptors (Lipinski definition) is 5. The third-order valence-electron chi connectivity index (χ3n) is 5.67. The van der Waals surface area contributed by atoms with Crippen molar-refractivity contribution in [1.29, 1.82) is 0 Å². The molecule has 2 aromatic carbocycles. The molecular formula is C25H26ClN5O3. The number of rotatable bonds is 6. The Morgan fingerprint density at radius 1 is 1.00 bits per heavy atom. The molecule has 3 amide bonds. The van der Waals surface area contributed by atoms with Crippen molar-refractivity contribution in [3.05, 3.63) is 83.1 Å². The van der Waals surface area contributed by atoms with Crippen LogP contribution in [0.5, 0.6) is 5.75 Å². The third-order valence-corrected chi connectivity index (χ3v) is 5.98. The molecule has 0 atom stereocenters. The van der Waals surface area contributed by atoms with Gasteiger partial charge in [0.2, 0.25) is 0 Å². The van der Waals surface area contributed by atoms with Gasteiger partial charge in [-0.05, 0) is 54.1 Å². The number of aromatic nitrogens is 1. The van der Waals surface area contributed by atoms with Gasteiger partial charge < -0.3 is 25.2 Å². The first-order valence-electron chi connectivity index (χ1n) is 11.0. The van der Waals surface area contributed by atoms with Crippen LogP contribution in [0.3, 0.4) is 0 Å². The van der Waals surface area contributed by atoms with Crippen molar-refractivity contribution in [1.82, 2.24) is 15.2 Å². The van der Waals surface area contributed by atoms with E-state index >= 15 is 0 Å². The first-order valence-corrected chi connectivity index (χ1v) is 11.3. The highest BCUT2D eigenvalue weighted by atomic mass is 35.5. The molecule has 9 heteroatoms. The Morgan fingerprint density at radius 3 is 2.35 bits per heavy atom. The Morgan fingerprint density at radius 2 is 1.71 bits per heavy atom. The lowest BCUT2D eigenvalue weighted by molar-refractivity contribution is 0.0951. The topological polar surface area (TPSA) is 86.8 Å². The summed E-state index contributed by atoms with van der Waals surface area (Å²) in [6, 6.07) is 18.4. The van der Waals surface area contributed by atoms with Gasteiger partial charge in [0, 0.05) is 50.2 Å².